The second-order valence-electron chi connectivity index (χ2n) is 5.40. The van der Waals surface area contributed by atoms with Gasteiger partial charge in [-0.2, -0.15) is 0 Å². The van der Waals surface area contributed by atoms with E-state index in [9.17, 15) is 9.18 Å². The molecule has 3 aromatic rings. The minimum Gasteiger partial charge on any atom is -0.325 e. The third-order valence-corrected chi connectivity index (χ3v) is 5.53. The van der Waals surface area contributed by atoms with Crippen LogP contribution in [0.15, 0.2) is 53.3 Å². The maximum atomic E-state index is 13.2. The van der Waals surface area contributed by atoms with E-state index in [0.29, 0.717) is 10.8 Å². The molecule has 2 aromatic heterocycles. The number of aryl methyl sites for hydroxylation is 2. The molecule has 0 aliphatic heterocycles. The van der Waals surface area contributed by atoms with E-state index in [0.717, 1.165) is 13.0 Å². The van der Waals surface area contributed by atoms with Crippen molar-refractivity contribution in [3.8, 4) is 0 Å². The summed E-state index contributed by atoms with van der Waals surface area (Å²) in [7, 11) is 0. The molecule has 1 amide bonds. The Kier molecular flexibility index (Phi) is 5.83. The average molecular weight is 376 g/mol. The van der Waals surface area contributed by atoms with Gasteiger partial charge in [-0.05, 0) is 43.0 Å². The summed E-state index contributed by atoms with van der Waals surface area (Å²) >= 11 is 3.05. The maximum absolute atomic E-state index is 13.2. The van der Waals surface area contributed by atoms with E-state index in [1.807, 2.05) is 10.6 Å². The summed E-state index contributed by atoms with van der Waals surface area (Å²) in [5.41, 5.74) is 0.441. The van der Waals surface area contributed by atoms with E-state index in [1.165, 1.54) is 28.8 Å². The Hall–Kier alpha value is -2.19. The van der Waals surface area contributed by atoms with Gasteiger partial charge in [-0.25, -0.2) is 4.39 Å². The number of nitrogens with zero attached hydrogens (tertiary/aromatic N) is 3. The molecule has 0 radical (unpaired) electrons. The van der Waals surface area contributed by atoms with Crippen LogP contribution < -0.4 is 5.32 Å². The number of carbonyl (C=O) groups is 1. The van der Waals surface area contributed by atoms with Gasteiger partial charge < -0.3 is 9.88 Å². The van der Waals surface area contributed by atoms with Gasteiger partial charge in [0.15, 0.2) is 5.16 Å². The molecule has 0 bridgehead atoms. The molecule has 1 unspecified atom stereocenters. The van der Waals surface area contributed by atoms with Gasteiger partial charge in [-0.1, -0.05) is 23.9 Å². The van der Waals surface area contributed by atoms with Crippen LogP contribution in [0.4, 0.5) is 10.1 Å². The second kappa shape index (κ2) is 8.26. The minimum atomic E-state index is -0.383. The second-order valence-corrected chi connectivity index (χ2v) is 7.74. The number of aromatic nitrogens is 3. The predicted molar refractivity (Wildman–Crippen MR) is 98.4 cm³/mol. The van der Waals surface area contributed by atoms with Gasteiger partial charge in [0.1, 0.15) is 12.1 Å². The van der Waals surface area contributed by atoms with Gasteiger partial charge in [-0.3, -0.25) is 4.79 Å². The Bertz CT molecular complexity index is 835. The van der Waals surface area contributed by atoms with Crippen LogP contribution in [0.3, 0.4) is 0 Å². The Balaban J connectivity index is 1.58. The van der Waals surface area contributed by atoms with E-state index >= 15 is 0 Å². The number of hydrogen-bond acceptors (Lipinski definition) is 5. The summed E-state index contributed by atoms with van der Waals surface area (Å²) in [4.78, 5) is 13.6. The number of nitrogens with one attached hydrogen (secondary N) is 1. The summed E-state index contributed by atoms with van der Waals surface area (Å²) in [6.45, 7) is 2.55. The first kappa shape index (κ1) is 17.6. The third-order valence-electron chi connectivity index (χ3n) is 3.50. The van der Waals surface area contributed by atoms with Crippen molar-refractivity contribution in [2.24, 2.45) is 0 Å². The molecule has 0 spiro atoms. The number of rotatable bonds is 7. The fourth-order valence-corrected chi connectivity index (χ4v) is 3.74. The lowest BCUT2D eigenvalue weighted by atomic mass is 10.3. The molecule has 0 saturated carbocycles. The lowest BCUT2D eigenvalue weighted by Crippen LogP contribution is -2.23. The lowest BCUT2D eigenvalue weighted by Gasteiger charge is -2.12. The SMILES string of the molecule is CC(Sc1nncn1CCc1cccs1)C(=O)Nc1cccc(F)c1. The van der Waals surface area contributed by atoms with Gasteiger partial charge in [-0.15, -0.1) is 21.5 Å². The molecule has 8 heteroatoms. The van der Waals surface area contributed by atoms with Crippen molar-refractivity contribution in [1.29, 1.82) is 0 Å². The van der Waals surface area contributed by atoms with Gasteiger partial charge in [0.2, 0.25) is 5.91 Å². The van der Waals surface area contributed by atoms with Gasteiger partial charge in [0, 0.05) is 17.1 Å². The van der Waals surface area contributed by atoms with E-state index in [1.54, 1.807) is 36.7 Å². The molecule has 0 fully saturated rings. The Morgan fingerprint density at radius 3 is 3.04 bits per heavy atom. The van der Waals surface area contributed by atoms with Gasteiger partial charge in [0.25, 0.3) is 0 Å². The number of carbonyl (C=O) groups excluding carboxylic acids is 1. The zero-order valence-electron chi connectivity index (χ0n) is 13.6. The molecule has 5 nitrogen and oxygen atoms in total. The summed E-state index contributed by atoms with van der Waals surface area (Å²) in [5.74, 6) is -0.588. The van der Waals surface area contributed by atoms with E-state index in [4.69, 9.17) is 0 Å². The largest absolute Gasteiger partial charge is 0.325 e. The van der Waals surface area contributed by atoms with Crippen LogP contribution in [0, 0.1) is 5.82 Å². The summed E-state index contributed by atoms with van der Waals surface area (Å²) in [5, 5.41) is 13.1. The minimum absolute atomic E-state index is 0.205. The van der Waals surface area contributed by atoms with E-state index in [-0.39, 0.29) is 17.0 Å². The topological polar surface area (TPSA) is 59.8 Å². The molecule has 2 heterocycles. The van der Waals surface area contributed by atoms with Gasteiger partial charge in [0.05, 0.1) is 5.25 Å². The van der Waals surface area contributed by atoms with Crippen LogP contribution in [0.25, 0.3) is 0 Å². The van der Waals surface area contributed by atoms with Crippen molar-refractivity contribution in [3.63, 3.8) is 0 Å². The van der Waals surface area contributed by atoms with E-state index in [2.05, 4.69) is 27.0 Å². The number of thiophene rings is 1. The number of anilines is 1. The lowest BCUT2D eigenvalue weighted by molar-refractivity contribution is -0.115. The van der Waals surface area contributed by atoms with E-state index < -0.39 is 0 Å². The molecular weight excluding hydrogens is 359 g/mol. The van der Waals surface area contributed by atoms with Crippen LogP contribution in [0.1, 0.15) is 11.8 Å². The van der Waals surface area contributed by atoms with Gasteiger partial charge >= 0.3 is 0 Å². The number of hydrogen-bond donors (Lipinski definition) is 1. The van der Waals surface area contributed by atoms with Crippen molar-refractivity contribution < 1.29 is 9.18 Å². The molecule has 0 aliphatic rings. The standard InChI is InChI=1S/C17H17FN4OS2/c1-12(16(23)20-14-5-2-4-13(18)10-14)25-17-21-19-11-22(17)8-7-15-6-3-9-24-15/h2-6,9-12H,7-8H2,1H3,(H,20,23). The monoisotopic (exact) mass is 376 g/mol. The summed E-state index contributed by atoms with van der Waals surface area (Å²) in [6, 6.07) is 9.96. The number of benzene rings is 1. The quantitative estimate of drug-likeness (QED) is 0.637. The fraction of sp³-hybridized carbons (Fsp3) is 0.235. The first-order chi connectivity index (χ1) is 12.1. The molecule has 3 rings (SSSR count). The molecule has 1 N–H and O–H groups in total. The van der Waals surface area contributed by atoms with Crippen molar-refractivity contribution in [2.75, 3.05) is 5.32 Å². The highest BCUT2D eigenvalue weighted by molar-refractivity contribution is 8.00. The third kappa shape index (κ3) is 4.90. The highest BCUT2D eigenvalue weighted by Crippen LogP contribution is 2.23. The van der Waals surface area contributed by atoms with Crippen LogP contribution in [0.2, 0.25) is 0 Å². The molecule has 0 saturated heterocycles. The first-order valence-corrected chi connectivity index (χ1v) is 9.51. The molecule has 1 aromatic carbocycles. The number of halogens is 1. The maximum Gasteiger partial charge on any atom is 0.237 e. The molecule has 130 valence electrons. The Morgan fingerprint density at radius 1 is 1.40 bits per heavy atom. The van der Waals surface area contributed by atoms with Crippen molar-refractivity contribution >= 4 is 34.7 Å². The Morgan fingerprint density at radius 2 is 2.28 bits per heavy atom. The van der Waals surface area contributed by atoms with Crippen LogP contribution in [0.5, 0.6) is 0 Å². The average Bonchev–Trinajstić information content (AvgIpc) is 3.24. The normalized spacial score (nSPS) is 12.1. The molecule has 0 aliphatic carbocycles. The van der Waals surface area contributed by atoms with Crippen LogP contribution in [-0.2, 0) is 17.8 Å². The van der Waals surface area contributed by atoms with Crippen LogP contribution in [-0.4, -0.2) is 25.9 Å². The molecule has 1 atom stereocenters. The number of amides is 1. The highest BCUT2D eigenvalue weighted by atomic mass is 32.2. The highest BCUT2D eigenvalue weighted by Gasteiger charge is 2.18. The Labute approximate surface area is 153 Å². The van der Waals surface area contributed by atoms with Crippen LogP contribution >= 0.6 is 23.1 Å². The van der Waals surface area contributed by atoms with Crippen molar-refractivity contribution in [1.82, 2.24) is 14.8 Å². The molecular formula is C17H17FN4OS2. The smallest absolute Gasteiger partial charge is 0.237 e. The first-order valence-electron chi connectivity index (χ1n) is 7.75. The number of thioether (sulfide) groups is 1. The zero-order chi connectivity index (χ0) is 17.6. The fourth-order valence-electron chi connectivity index (χ4n) is 2.20. The summed E-state index contributed by atoms with van der Waals surface area (Å²) < 4.78 is 15.1. The predicted octanol–water partition coefficient (Wildman–Crippen LogP) is 3.84. The van der Waals surface area contributed by atoms with Crippen molar-refractivity contribution in [2.45, 2.75) is 30.3 Å². The molecule has 25 heavy (non-hydrogen) atoms. The van der Waals surface area contributed by atoms with Crippen molar-refractivity contribution in [3.05, 3.63) is 58.8 Å². The summed E-state index contributed by atoms with van der Waals surface area (Å²) in [6.07, 6.45) is 2.57. The zero-order valence-corrected chi connectivity index (χ0v) is 15.2.